The van der Waals surface area contributed by atoms with Crippen molar-refractivity contribution in [1.82, 2.24) is 9.88 Å². The number of benzene rings is 1. The van der Waals surface area contributed by atoms with Crippen LogP contribution in [0, 0.1) is 0 Å². The van der Waals surface area contributed by atoms with Gasteiger partial charge in [0.1, 0.15) is 18.5 Å². The molecule has 0 radical (unpaired) electrons. The number of hydrogen-bond acceptors (Lipinski definition) is 8. The Morgan fingerprint density at radius 1 is 1.14 bits per heavy atom. The van der Waals surface area contributed by atoms with Gasteiger partial charge >= 0.3 is 0 Å². The molecule has 2 unspecified atom stereocenters. The van der Waals surface area contributed by atoms with Gasteiger partial charge in [0, 0.05) is 50.8 Å². The van der Waals surface area contributed by atoms with Crippen molar-refractivity contribution in [3.05, 3.63) is 48.8 Å². The first kappa shape index (κ1) is 20.5. The summed E-state index contributed by atoms with van der Waals surface area (Å²) in [5.41, 5.74) is 1.74. The van der Waals surface area contributed by atoms with E-state index in [0.717, 1.165) is 26.2 Å². The van der Waals surface area contributed by atoms with Gasteiger partial charge in [0.25, 0.3) is 0 Å². The molecule has 1 aliphatic rings. The quantitative estimate of drug-likeness (QED) is 0.643. The van der Waals surface area contributed by atoms with Gasteiger partial charge in [-0.15, -0.1) is 0 Å². The Morgan fingerprint density at radius 3 is 2.46 bits per heavy atom. The first-order chi connectivity index (χ1) is 13.6. The van der Waals surface area contributed by atoms with Gasteiger partial charge in [-0.05, 0) is 36.4 Å². The number of rotatable bonds is 8. The minimum Gasteiger partial charge on any atom is -0.491 e. The molecular weight excluding hydrogens is 380 g/mol. The lowest BCUT2D eigenvalue weighted by molar-refractivity contribution is 0.0663. The van der Waals surface area contributed by atoms with Crippen molar-refractivity contribution >= 4 is 22.3 Å². The molecule has 0 saturated carbocycles. The van der Waals surface area contributed by atoms with Crippen molar-refractivity contribution in [2.24, 2.45) is 4.36 Å². The molecule has 8 nitrogen and oxygen atoms in total. The zero-order chi connectivity index (χ0) is 19.8. The summed E-state index contributed by atoms with van der Waals surface area (Å²) in [7, 11) is -0.681. The summed E-state index contributed by atoms with van der Waals surface area (Å²) in [6, 6.07) is 10.9. The second-order valence-electron chi connectivity index (χ2n) is 6.47. The average Bonchev–Trinajstić information content (AvgIpc) is 2.74. The Kier molecular flexibility index (Phi) is 7.61. The van der Waals surface area contributed by atoms with Crippen molar-refractivity contribution < 1.29 is 18.2 Å². The van der Waals surface area contributed by atoms with E-state index in [2.05, 4.69) is 23.3 Å². The Labute approximate surface area is 167 Å². The van der Waals surface area contributed by atoms with Crippen LogP contribution in [-0.2, 0) is 15.1 Å². The van der Waals surface area contributed by atoms with Gasteiger partial charge in [-0.25, -0.2) is 4.21 Å². The molecule has 2 aromatic rings. The number of anilines is 1. The number of aliphatic hydroxyl groups is 1. The molecular formula is C19H26N4O4S. The van der Waals surface area contributed by atoms with Crippen LogP contribution < -0.4 is 9.64 Å². The molecule has 152 valence electrons. The van der Waals surface area contributed by atoms with E-state index in [1.807, 2.05) is 12.1 Å². The minimum atomic E-state index is -2.03. The fourth-order valence-electron chi connectivity index (χ4n) is 3.03. The van der Waals surface area contributed by atoms with E-state index >= 15 is 0 Å². The van der Waals surface area contributed by atoms with Crippen molar-refractivity contribution in [2.45, 2.75) is 6.10 Å². The summed E-state index contributed by atoms with van der Waals surface area (Å²) in [6.45, 7) is 4.43. The third-order valence-corrected chi connectivity index (χ3v) is 5.21. The number of thiol groups is 1. The predicted molar refractivity (Wildman–Crippen MR) is 109 cm³/mol. The zero-order valence-electron chi connectivity index (χ0n) is 15.8. The van der Waals surface area contributed by atoms with E-state index in [1.165, 1.54) is 12.8 Å². The normalized spacial score (nSPS) is 17.4. The molecule has 0 amide bonds. The van der Waals surface area contributed by atoms with Crippen LogP contribution in [0.2, 0.25) is 0 Å². The number of aromatic nitrogens is 1. The minimum absolute atomic E-state index is 0.216. The molecule has 28 heavy (non-hydrogen) atoms. The Bertz CT molecular complexity index is 804. The molecule has 2 atom stereocenters. The maximum absolute atomic E-state index is 11.3. The second-order valence-corrected chi connectivity index (χ2v) is 7.51. The van der Waals surface area contributed by atoms with Crippen LogP contribution in [0.15, 0.2) is 53.2 Å². The van der Waals surface area contributed by atoms with E-state index in [4.69, 9.17) is 4.74 Å². The number of piperazine rings is 1. The lowest BCUT2D eigenvalue weighted by atomic mass is 10.2. The van der Waals surface area contributed by atoms with Gasteiger partial charge < -0.3 is 14.7 Å². The highest BCUT2D eigenvalue weighted by atomic mass is 32.2. The third kappa shape index (κ3) is 6.16. The molecule has 1 aromatic carbocycles. The highest BCUT2D eigenvalue weighted by Gasteiger charge is 2.19. The first-order valence-corrected chi connectivity index (χ1v) is 10.3. The van der Waals surface area contributed by atoms with Gasteiger partial charge in [-0.2, -0.15) is 4.36 Å². The fraction of sp³-hybridized carbons (Fsp3) is 0.421. The Balaban J connectivity index is 1.40. The Morgan fingerprint density at radius 2 is 1.82 bits per heavy atom. The van der Waals surface area contributed by atoms with E-state index in [9.17, 15) is 9.32 Å². The van der Waals surface area contributed by atoms with Crippen molar-refractivity contribution in [2.75, 3.05) is 51.3 Å². The summed E-state index contributed by atoms with van der Waals surface area (Å²) in [5.74, 6) is 0.633. The van der Waals surface area contributed by atoms with E-state index in [0.29, 0.717) is 18.0 Å². The summed E-state index contributed by atoms with van der Waals surface area (Å²) < 4.78 is 25.4. The van der Waals surface area contributed by atoms with E-state index in [1.54, 1.807) is 36.7 Å². The topological polar surface area (TPSA) is 87.5 Å². The second kappa shape index (κ2) is 10.4. The highest BCUT2D eigenvalue weighted by Crippen LogP contribution is 2.19. The maximum atomic E-state index is 11.3. The predicted octanol–water partition coefficient (Wildman–Crippen LogP) is 1.50. The summed E-state index contributed by atoms with van der Waals surface area (Å²) in [6.07, 6.45) is 3.04. The molecule has 0 bridgehead atoms. The molecule has 1 aromatic heterocycles. The van der Waals surface area contributed by atoms with E-state index < -0.39 is 17.0 Å². The number of pyridine rings is 1. The van der Waals surface area contributed by atoms with Crippen LogP contribution in [0.25, 0.3) is 0 Å². The van der Waals surface area contributed by atoms with Crippen molar-refractivity contribution in [3.63, 3.8) is 0 Å². The standard InChI is InChI=1S/C19H26N4O4S/c1-26-28(25)21-16-2-4-19(5-3-16)27-15-18(24)14-22-10-12-23(13-11-22)17-6-8-20-9-7-17/h2-9,18,24,28H,10-15H2,1H3. The SMILES string of the molecule is CO[SH](=O)=Nc1ccc(OCC(O)CN2CCN(c3ccncc3)CC2)cc1. The summed E-state index contributed by atoms with van der Waals surface area (Å²) >= 11 is 0. The zero-order valence-corrected chi connectivity index (χ0v) is 16.7. The average molecular weight is 407 g/mol. The van der Waals surface area contributed by atoms with Gasteiger partial charge in [0.2, 0.25) is 0 Å². The molecule has 9 heteroatoms. The molecule has 1 N–H and O–H groups in total. The molecule has 3 rings (SSSR count). The molecule has 2 heterocycles. The third-order valence-electron chi connectivity index (χ3n) is 4.50. The molecule has 0 aliphatic carbocycles. The van der Waals surface area contributed by atoms with Crippen LogP contribution in [0.4, 0.5) is 11.4 Å². The summed E-state index contributed by atoms with van der Waals surface area (Å²) in [4.78, 5) is 8.62. The lowest BCUT2D eigenvalue weighted by Crippen LogP contribution is -2.49. The first-order valence-electron chi connectivity index (χ1n) is 9.15. The molecule has 1 aliphatic heterocycles. The highest BCUT2D eigenvalue weighted by molar-refractivity contribution is 7.69. The van der Waals surface area contributed by atoms with Crippen LogP contribution >= 0.6 is 0 Å². The van der Waals surface area contributed by atoms with Crippen LogP contribution in [0.5, 0.6) is 5.75 Å². The maximum Gasteiger partial charge on any atom is 0.156 e. The molecule has 1 saturated heterocycles. The lowest BCUT2D eigenvalue weighted by Gasteiger charge is -2.36. The number of ether oxygens (including phenoxy) is 1. The molecule has 1 fully saturated rings. The van der Waals surface area contributed by atoms with Crippen molar-refractivity contribution in [1.29, 1.82) is 0 Å². The van der Waals surface area contributed by atoms with Gasteiger partial charge in [-0.1, -0.05) is 0 Å². The van der Waals surface area contributed by atoms with Crippen LogP contribution in [0.1, 0.15) is 0 Å². The number of nitrogens with zero attached hydrogens (tertiary/aromatic N) is 4. The smallest absolute Gasteiger partial charge is 0.156 e. The fourth-order valence-corrected chi connectivity index (χ4v) is 3.43. The largest absolute Gasteiger partial charge is 0.491 e. The number of β-amino-alcohol motifs (C(OH)–C–C–N with tert-alkyl or cyclic N) is 1. The summed E-state index contributed by atoms with van der Waals surface area (Å²) in [5, 5.41) is 10.3. The number of aliphatic hydroxyl groups excluding tert-OH is 1. The van der Waals surface area contributed by atoms with Gasteiger partial charge in [0.05, 0.1) is 12.8 Å². The van der Waals surface area contributed by atoms with Crippen LogP contribution in [0.3, 0.4) is 0 Å². The van der Waals surface area contributed by atoms with E-state index in [-0.39, 0.29) is 6.61 Å². The molecule has 0 spiro atoms. The van der Waals surface area contributed by atoms with Gasteiger partial charge in [-0.3, -0.25) is 14.1 Å². The van der Waals surface area contributed by atoms with Gasteiger partial charge in [0.15, 0.2) is 10.9 Å². The van der Waals surface area contributed by atoms with Crippen LogP contribution in [-0.4, -0.2) is 71.7 Å². The number of hydrogen-bond donors (Lipinski definition) is 2. The Hall–Kier alpha value is -2.20. The monoisotopic (exact) mass is 406 g/mol. The van der Waals surface area contributed by atoms with Crippen molar-refractivity contribution in [3.8, 4) is 5.75 Å².